The quantitative estimate of drug-likeness (QED) is 0.376. The lowest BCUT2D eigenvalue weighted by Crippen LogP contribution is -2.41. The Labute approximate surface area is 181 Å². The summed E-state index contributed by atoms with van der Waals surface area (Å²) in [5, 5.41) is 2.79. The van der Waals surface area contributed by atoms with Crippen LogP contribution in [0, 0.1) is 10.5 Å². The first kappa shape index (κ1) is 20.5. The second-order valence-electron chi connectivity index (χ2n) is 6.32. The van der Waals surface area contributed by atoms with Crippen molar-refractivity contribution in [2.45, 2.75) is 6.92 Å². The fourth-order valence-electron chi connectivity index (χ4n) is 2.58. The fourth-order valence-corrected chi connectivity index (χ4v) is 3.13. The molecule has 7 heteroatoms. The molecule has 3 aromatic rings. The van der Waals surface area contributed by atoms with E-state index in [0.717, 1.165) is 9.13 Å². The third-order valence-corrected chi connectivity index (χ3v) is 4.73. The van der Waals surface area contributed by atoms with E-state index in [0.29, 0.717) is 22.4 Å². The molecule has 0 aliphatic rings. The Morgan fingerprint density at radius 3 is 1.90 bits per heavy atom. The van der Waals surface area contributed by atoms with Gasteiger partial charge in [0.1, 0.15) is 0 Å². The molecule has 0 aliphatic carbocycles. The van der Waals surface area contributed by atoms with Gasteiger partial charge < -0.3 is 5.32 Å². The van der Waals surface area contributed by atoms with Gasteiger partial charge in [-0.25, -0.2) is 0 Å². The van der Waals surface area contributed by atoms with E-state index in [2.05, 4.69) is 38.8 Å². The number of amides is 3. The molecule has 0 heterocycles. The van der Waals surface area contributed by atoms with Gasteiger partial charge in [-0.3, -0.25) is 25.2 Å². The predicted molar refractivity (Wildman–Crippen MR) is 120 cm³/mol. The number of anilines is 1. The Bertz CT molecular complexity index is 1060. The molecule has 0 spiro atoms. The molecule has 6 nitrogen and oxygen atoms in total. The van der Waals surface area contributed by atoms with E-state index in [9.17, 15) is 14.4 Å². The summed E-state index contributed by atoms with van der Waals surface area (Å²) in [5.74, 6) is -1.09. The number of carbonyl (C=O) groups excluding carboxylic acids is 3. The summed E-state index contributed by atoms with van der Waals surface area (Å²) in [6, 6.07) is 20.7. The molecule has 0 bridgehead atoms. The van der Waals surface area contributed by atoms with Crippen LogP contribution in [-0.4, -0.2) is 17.7 Å². The zero-order valence-electron chi connectivity index (χ0n) is 15.5. The molecule has 29 heavy (non-hydrogen) atoms. The molecular weight excluding hydrogens is 481 g/mol. The van der Waals surface area contributed by atoms with Crippen molar-refractivity contribution in [1.29, 1.82) is 0 Å². The molecule has 0 unspecified atom stereocenters. The van der Waals surface area contributed by atoms with E-state index in [1.165, 1.54) is 0 Å². The van der Waals surface area contributed by atoms with Gasteiger partial charge in [-0.2, -0.15) is 0 Å². The maximum Gasteiger partial charge on any atom is 0.269 e. The summed E-state index contributed by atoms with van der Waals surface area (Å²) in [6.07, 6.45) is 0. The molecule has 3 amide bonds. The van der Waals surface area contributed by atoms with E-state index >= 15 is 0 Å². The van der Waals surface area contributed by atoms with Crippen LogP contribution < -0.4 is 16.2 Å². The van der Waals surface area contributed by atoms with Gasteiger partial charge in [0, 0.05) is 25.9 Å². The van der Waals surface area contributed by atoms with E-state index in [1.54, 1.807) is 54.6 Å². The van der Waals surface area contributed by atoms with Crippen LogP contribution in [0.5, 0.6) is 0 Å². The van der Waals surface area contributed by atoms with Crippen LogP contribution in [0.25, 0.3) is 0 Å². The van der Waals surface area contributed by atoms with Crippen LogP contribution in [0.1, 0.15) is 36.6 Å². The second-order valence-corrected chi connectivity index (χ2v) is 7.57. The summed E-state index contributed by atoms with van der Waals surface area (Å²) < 4.78 is 0.921. The third kappa shape index (κ3) is 5.64. The Morgan fingerprint density at radius 1 is 0.690 bits per heavy atom. The van der Waals surface area contributed by atoms with Gasteiger partial charge in [-0.1, -0.05) is 23.8 Å². The molecule has 0 aromatic heterocycles. The molecule has 0 radical (unpaired) electrons. The Kier molecular flexibility index (Phi) is 6.61. The molecule has 3 aromatic carbocycles. The maximum absolute atomic E-state index is 12.3. The summed E-state index contributed by atoms with van der Waals surface area (Å²) in [4.78, 5) is 36.6. The monoisotopic (exact) mass is 499 g/mol. The lowest BCUT2D eigenvalue weighted by molar-refractivity contribution is 0.0846. The summed E-state index contributed by atoms with van der Waals surface area (Å²) >= 11 is 2.11. The first-order chi connectivity index (χ1) is 13.9. The van der Waals surface area contributed by atoms with Gasteiger partial charge in [0.2, 0.25) is 0 Å². The van der Waals surface area contributed by atoms with Crippen LogP contribution >= 0.6 is 22.6 Å². The van der Waals surface area contributed by atoms with Crippen molar-refractivity contribution in [1.82, 2.24) is 10.9 Å². The molecule has 0 fully saturated rings. The van der Waals surface area contributed by atoms with Gasteiger partial charge in [0.05, 0.1) is 0 Å². The summed E-state index contributed by atoms with van der Waals surface area (Å²) in [7, 11) is 0. The molecule has 0 atom stereocenters. The number of aryl methyl sites for hydroxylation is 1. The van der Waals surface area contributed by atoms with Crippen molar-refractivity contribution in [3.05, 3.63) is 98.6 Å². The average molecular weight is 499 g/mol. The van der Waals surface area contributed by atoms with Gasteiger partial charge in [-0.15, -0.1) is 0 Å². The normalized spacial score (nSPS) is 10.1. The number of benzene rings is 3. The first-order valence-electron chi connectivity index (χ1n) is 8.77. The largest absolute Gasteiger partial charge is 0.322 e. The topological polar surface area (TPSA) is 87.3 Å². The van der Waals surface area contributed by atoms with Crippen molar-refractivity contribution in [2.75, 3.05) is 5.32 Å². The summed E-state index contributed by atoms with van der Waals surface area (Å²) in [5.41, 5.74) is 7.69. The van der Waals surface area contributed by atoms with Crippen LogP contribution in [-0.2, 0) is 0 Å². The predicted octanol–water partition coefficient (Wildman–Crippen LogP) is 3.93. The fraction of sp³-hybridized carbons (Fsp3) is 0.0455. The van der Waals surface area contributed by atoms with Crippen molar-refractivity contribution in [3.63, 3.8) is 0 Å². The van der Waals surface area contributed by atoms with Crippen molar-refractivity contribution >= 4 is 46.0 Å². The highest BCUT2D eigenvalue weighted by molar-refractivity contribution is 14.1. The minimum atomic E-state index is -0.458. The summed E-state index contributed by atoms with van der Waals surface area (Å²) in [6.45, 7) is 1.92. The molecule has 146 valence electrons. The average Bonchev–Trinajstić information content (AvgIpc) is 2.72. The lowest BCUT2D eigenvalue weighted by atomic mass is 10.1. The van der Waals surface area contributed by atoms with Gasteiger partial charge in [0.15, 0.2) is 0 Å². The molecule has 3 rings (SSSR count). The van der Waals surface area contributed by atoms with Crippen LogP contribution in [0.3, 0.4) is 0 Å². The van der Waals surface area contributed by atoms with Gasteiger partial charge in [0.25, 0.3) is 17.7 Å². The molecule has 3 N–H and O–H groups in total. The number of rotatable bonds is 4. The van der Waals surface area contributed by atoms with Crippen molar-refractivity contribution in [3.8, 4) is 0 Å². The highest BCUT2D eigenvalue weighted by atomic mass is 127. The van der Waals surface area contributed by atoms with E-state index in [1.807, 2.05) is 25.1 Å². The smallest absolute Gasteiger partial charge is 0.269 e. The van der Waals surface area contributed by atoms with Crippen molar-refractivity contribution in [2.24, 2.45) is 0 Å². The number of carbonyl (C=O) groups is 3. The Morgan fingerprint density at radius 2 is 1.28 bits per heavy atom. The zero-order valence-corrected chi connectivity index (χ0v) is 17.7. The Hall–Kier alpha value is -3.20. The molecular formula is C22H18IN3O3. The number of hydrogen-bond donors (Lipinski definition) is 3. The van der Waals surface area contributed by atoms with Crippen LogP contribution in [0.4, 0.5) is 5.69 Å². The van der Waals surface area contributed by atoms with Gasteiger partial charge in [-0.05, 0) is 84.1 Å². The second kappa shape index (κ2) is 9.33. The lowest BCUT2D eigenvalue weighted by Gasteiger charge is -2.09. The minimum Gasteiger partial charge on any atom is -0.322 e. The first-order valence-corrected chi connectivity index (χ1v) is 9.84. The van der Waals surface area contributed by atoms with Gasteiger partial charge >= 0.3 is 0 Å². The standard InChI is InChI=1S/C22H18IN3O3/c1-14-4-2-5-16(12-14)20(27)24-19-10-8-15(9-11-19)21(28)25-26-22(29)17-6-3-7-18(23)13-17/h2-13H,1H3,(H,24,27)(H,25,28)(H,26,29). The third-order valence-electron chi connectivity index (χ3n) is 4.06. The Balaban J connectivity index is 1.57. The van der Waals surface area contributed by atoms with Crippen LogP contribution in [0.2, 0.25) is 0 Å². The zero-order chi connectivity index (χ0) is 20.8. The van der Waals surface area contributed by atoms with Crippen LogP contribution in [0.15, 0.2) is 72.8 Å². The SMILES string of the molecule is Cc1cccc(C(=O)Nc2ccc(C(=O)NNC(=O)c3cccc(I)c3)cc2)c1. The molecule has 0 aliphatic heterocycles. The highest BCUT2D eigenvalue weighted by Gasteiger charge is 2.10. The number of nitrogens with one attached hydrogen (secondary N) is 3. The molecule has 0 saturated carbocycles. The van der Waals surface area contributed by atoms with E-state index in [-0.39, 0.29) is 5.91 Å². The number of hydrogen-bond acceptors (Lipinski definition) is 3. The maximum atomic E-state index is 12.3. The van der Waals surface area contributed by atoms with E-state index < -0.39 is 11.8 Å². The highest BCUT2D eigenvalue weighted by Crippen LogP contribution is 2.12. The number of hydrazine groups is 1. The molecule has 0 saturated heterocycles. The minimum absolute atomic E-state index is 0.226. The van der Waals surface area contributed by atoms with Crippen molar-refractivity contribution < 1.29 is 14.4 Å². The van der Waals surface area contributed by atoms with E-state index in [4.69, 9.17) is 0 Å². The number of halogens is 1.